The molecule has 0 saturated heterocycles. The van der Waals surface area contributed by atoms with E-state index in [0.29, 0.717) is 23.8 Å². The van der Waals surface area contributed by atoms with Crippen LogP contribution >= 0.6 is 0 Å². The topological polar surface area (TPSA) is 3.24 Å². The van der Waals surface area contributed by atoms with Crippen molar-refractivity contribution in [1.29, 1.82) is 0 Å². The molecule has 1 aromatic carbocycles. The molecule has 2 aliphatic carbocycles. The number of benzene rings is 1. The Hall–Kier alpha value is -1.28. The molecule has 0 N–H and O–H groups in total. The van der Waals surface area contributed by atoms with E-state index < -0.39 is 8.24 Å². The molecule has 5 unspecified atom stereocenters. The van der Waals surface area contributed by atoms with E-state index in [0.717, 1.165) is 5.92 Å². The number of fused-ring (bicyclic) bond motifs is 5. The van der Waals surface area contributed by atoms with E-state index in [1.807, 2.05) is 0 Å². The van der Waals surface area contributed by atoms with E-state index in [1.54, 1.807) is 5.56 Å². The molecule has 0 spiro atoms. The summed E-state index contributed by atoms with van der Waals surface area (Å²) in [5, 5.41) is 0. The number of hydrogen-bond acceptors (Lipinski definition) is 1. The number of rotatable bonds is 1. The van der Waals surface area contributed by atoms with Crippen molar-refractivity contribution in [3.63, 3.8) is 0 Å². The van der Waals surface area contributed by atoms with Crippen LogP contribution in [0.1, 0.15) is 24.0 Å². The molecule has 1 nitrogen and oxygen atoms in total. The van der Waals surface area contributed by atoms with E-state index in [2.05, 4.69) is 80.6 Å². The Balaban J connectivity index is 1.91. The van der Waals surface area contributed by atoms with Crippen molar-refractivity contribution < 1.29 is 0 Å². The van der Waals surface area contributed by atoms with Gasteiger partial charge in [0.1, 0.15) is 8.24 Å². The molecule has 1 fully saturated rings. The van der Waals surface area contributed by atoms with Gasteiger partial charge in [0.25, 0.3) is 0 Å². The largest absolute Gasteiger partial charge is 0.394 e. The van der Waals surface area contributed by atoms with Crippen LogP contribution in [0.5, 0.6) is 0 Å². The second-order valence-electron chi connectivity index (χ2n) is 8.40. The Morgan fingerprint density at radius 2 is 1.68 bits per heavy atom. The molecule has 116 valence electrons. The van der Waals surface area contributed by atoms with E-state index in [-0.39, 0.29) is 0 Å². The minimum atomic E-state index is -1.40. The van der Waals surface area contributed by atoms with E-state index >= 15 is 0 Å². The van der Waals surface area contributed by atoms with Crippen LogP contribution in [0.25, 0.3) is 0 Å². The van der Waals surface area contributed by atoms with Gasteiger partial charge in [-0.2, -0.15) is 0 Å². The highest BCUT2D eigenvalue weighted by Gasteiger charge is 2.56. The second kappa shape index (κ2) is 4.61. The van der Waals surface area contributed by atoms with Crippen molar-refractivity contribution in [2.45, 2.75) is 45.4 Å². The number of allylic oxidation sites excluding steroid dienone is 4. The van der Waals surface area contributed by atoms with Gasteiger partial charge in [-0.1, -0.05) is 68.6 Å². The summed E-state index contributed by atoms with van der Waals surface area (Å²) in [4.78, 5) is 0. The summed E-state index contributed by atoms with van der Waals surface area (Å²) in [7, 11) is -1.40. The number of aryl methyl sites for hydroxylation is 1. The third-order valence-electron chi connectivity index (χ3n) is 5.97. The maximum atomic E-state index is 2.86. The first-order valence-corrected chi connectivity index (χ1v) is 12.1. The highest BCUT2D eigenvalue weighted by Crippen LogP contribution is 2.59. The maximum absolute atomic E-state index is 2.86. The summed E-state index contributed by atoms with van der Waals surface area (Å²) in [6.07, 6.45) is 9.47. The molecule has 1 aliphatic heterocycles. The Labute approximate surface area is 135 Å². The van der Waals surface area contributed by atoms with Gasteiger partial charge in [0.2, 0.25) is 0 Å². The first-order chi connectivity index (χ1) is 10.4. The molecule has 0 amide bonds. The van der Waals surface area contributed by atoms with Crippen LogP contribution in [-0.4, -0.2) is 14.3 Å². The molecular weight excluding hydrogens is 282 g/mol. The lowest BCUT2D eigenvalue weighted by Crippen LogP contribution is -2.52. The predicted octanol–water partition coefficient (Wildman–Crippen LogP) is 5.11. The summed E-state index contributed by atoms with van der Waals surface area (Å²) in [6.45, 7) is 12.2. The first-order valence-electron chi connectivity index (χ1n) is 8.64. The smallest absolute Gasteiger partial charge is 0.147 e. The molecule has 4 rings (SSSR count). The Morgan fingerprint density at radius 1 is 1.00 bits per heavy atom. The number of anilines is 1. The highest BCUT2D eigenvalue weighted by molar-refractivity contribution is 6.80. The molecule has 0 aromatic heterocycles. The van der Waals surface area contributed by atoms with Crippen molar-refractivity contribution in [3.05, 3.63) is 53.6 Å². The van der Waals surface area contributed by atoms with Crippen LogP contribution in [0.3, 0.4) is 0 Å². The third kappa shape index (κ3) is 1.83. The number of hydrogen-bond donors (Lipinski definition) is 0. The molecule has 22 heavy (non-hydrogen) atoms. The second-order valence-corrected chi connectivity index (χ2v) is 13.2. The van der Waals surface area contributed by atoms with E-state index in [9.17, 15) is 0 Å². The van der Waals surface area contributed by atoms with Crippen molar-refractivity contribution in [2.24, 2.45) is 17.8 Å². The quantitative estimate of drug-likeness (QED) is 0.652. The summed E-state index contributed by atoms with van der Waals surface area (Å²) < 4.78 is 2.86. The lowest BCUT2D eigenvalue weighted by atomic mass is 9.81. The summed E-state index contributed by atoms with van der Waals surface area (Å²) in [5.41, 5.74) is 4.56. The molecule has 0 radical (unpaired) electrons. The van der Waals surface area contributed by atoms with Gasteiger partial charge < -0.3 is 4.57 Å². The number of nitrogens with zero attached hydrogens (tertiary/aromatic N) is 1. The fourth-order valence-electron chi connectivity index (χ4n) is 5.23. The lowest BCUT2D eigenvalue weighted by Gasteiger charge is -2.41. The normalized spacial score (nSPS) is 35.5. The van der Waals surface area contributed by atoms with Gasteiger partial charge >= 0.3 is 0 Å². The van der Waals surface area contributed by atoms with Crippen molar-refractivity contribution in [3.8, 4) is 0 Å². The maximum Gasteiger partial charge on any atom is 0.147 e. The first kappa shape index (κ1) is 14.3. The zero-order valence-electron chi connectivity index (χ0n) is 14.4. The zero-order chi connectivity index (χ0) is 15.6. The van der Waals surface area contributed by atoms with Crippen molar-refractivity contribution >= 4 is 13.9 Å². The van der Waals surface area contributed by atoms with E-state index in [4.69, 9.17) is 0 Å². The molecule has 1 aromatic rings. The van der Waals surface area contributed by atoms with Gasteiger partial charge in [-0.05, 0) is 36.3 Å². The van der Waals surface area contributed by atoms with Crippen molar-refractivity contribution in [2.75, 3.05) is 4.57 Å². The van der Waals surface area contributed by atoms with Crippen LogP contribution in [0.2, 0.25) is 19.6 Å². The molecule has 2 heteroatoms. The van der Waals surface area contributed by atoms with Gasteiger partial charge in [-0.3, -0.25) is 0 Å². The fraction of sp³-hybridized carbons (Fsp3) is 0.500. The summed E-state index contributed by atoms with van der Waals surface area (Å²) in [5.74, 6) is 2.82. The Morgan fingerprint density at radius 3 is 2.36 bits per heavy atom. The summed E-state index contributed by atoms with van der Waals surface area (Å²) >= 11 is 0. The van der Waals surface area contributed by atoms with Crippen LogP contribution < -0.4 is 4.57 Å². The molecule has 5 atom stereocenters. The van der Waals surface area contributed by atoms with Crippen molar-refractivity contribution in [1.82, 2.24) is 0 Å². The zero-order valence-corrected chi connectivity index (χ0v) is 15.4. The average molecular weight is 310 g/mol. The van der Waals surface area contributed by atoms with Crippen LogP contribution in [0, 0.1) is 24.7 Å². The SMILES string of the molecule is Cc1ccc2c(c1)C1C3C=CC=CC3C(C)C1N2[Si](C)(C)C. The average Bonchev–Trinajstić information content (AvgIpc) is 2.93. The van der Waals surface area contributed by atoms with Gasteiger partial charge in [0.05, 0.1) is 0 Å². The highest BCUT2D eigenvalue weighted by atomic mass is 28.3. The van der Waals surface area contributed by atoms with Crippen LogP contribution in [0.15, 0.2) is 42.5 Å². The van der Waals surface area contributed by atoms with Gasteiger partial charge in [0.15, 0.2) is 0 Å². The van der Waals surface area contributed by atoms with Gasteiger partial charge in [-0.15, -0.1) is 0 Å². The molecule has 0 bridgehead atoms. The Kier molecular flexibility index (Phi) is 3.00. The third-order valence-corrected chi connectivity index (χ3v) is 7.96. The molecule has 1 heterocycles. The fourth-order valence-corrected chi connectivity index (χ4v) is 7.44. The Bertz CT molecular complexity index is 667. The predicted molar refractivity (Wildman–Crippen MR) is 98.0 cm³/mol. The summed E-state index contributed by atoms with van der Waals surface area (Å²) in [6, 6.07) is 7.84. The standard InChI is InChI=1S/C20H27NSi/c1-13-10-11-18-17(12-13)19-16-9-7-6-8-15(16)14(2)20(19)21(18)22(3,4)5/h6-12,14-16,19-20H,1-5H3. The van der Waals surface area contributed by atoms with Crippen LogP contribution in [0.4, 0.5) is 5.69 Å². The molecule has 3 aliphatic rings. The van der Waals surface area contributed by atoms with Gasteiger partial charge in [0, 0.05) is 17.6 Å². The minimum Gasteiger partial charge on any atom is -0.394 e. The minimum absolute atomic E-state index is 0.683. The monoisotopic (exact) mass is 309 g/mol. The molecule has 1 saturated carbocycles. The van der Waals surface area contributed by atoms with Crippen LogP contribution in [-0.2, 0) is 0 Å². The lowest BCUT2D eigenvalue weighted by molar-refractivity contribution is 0.428. The van der Waals surface area contributed by atoms with E-state index in [1.165, 1.54) is 11.3 Å². The van der Waals surface area contributed by atoms with Gasteiger partial charge in [-0.25, -0.2) is 0 Å². The molecular formula is C20H27NSi.